The van der Waals surface area contributed by atoms with Crippen LogP contribution in [0.15, 0.2) is 36.4 Å². The standard InChI is InChI=1S/C20H27N3O2/c1-14-12-15(2)23(21-14)16(3)20(25)22-11-7-10-18(22)13-19(24)17-8-5-4-6-9-17/h4-6,8-9,12,16,18-19,24H,7,10-11,13H2,1-3H3. The van der Waals surface area contributed by atoms with Gasteiger partial charge in [0.1, 0.15) is 6.04 Å². The second-order valence-electron chi connectivity index (χ2n) is 7.04. The molecule has 1 fully saturated rings. The second kappa shape index (κ2) is 7.40. The predicted molar refractivity (Wildman–Crippen MR) is 97.2 cm³/mol. The molecule has 0 radical (unpaired) electrons. The summed E-state index contributed by atoms with van der Waals surface area (Å²) in [6.45, 7) is 6.58. The van der Waals surface area contributed by atoms with Crippen LogP contribution < -0.4 is 0 Å². The molecule has 2 heterocycles. The third-order valence-electron chi connectivity index (χ3n) is 5.11. The van der Waals surface area contributed by atoms with Crippen LogP contribution in [-0.4, -0.2) is 38.3 Å². The molecule has 0 bridgehead atoms. The van der Waals surface area contributed by atoms with Crippen molar-refractivity contribution in [3.63, 3.8) is 0 Å². The van der Waals surface area contributed by atoms with E-state index in [-0.39, 0.29) is 18.0 Å². The van der Waals surface area contributed by atoms with Gasteiger partial charge in [-0.25, -0.2) is 0 Å². The van der Waals surface area contributed by atoms with Gasteiger partial charge in [-0.05, 0) is 51.7 Å². The molecule has 2 aromatic rings. The number of carbonyl (C=O) groups excluding carboxylic acids is 1. The third kappa shape index (κ3) is 3.76. The number of aryl methyl sites for hydroxylation is 2. The zero-order chi connectivity index (χ0) is 18.0. The van der Waals surface area contributed by atoms with Crippen LogP contribution in [0.4, 0.5) is 0 Å². The Morgan fingerprint density at radius 1 is 1.32 bits per heavy atom. The highest BCUT2D eigenvalue weighted by atomic mass is 16.3. The number of hydrogen-bond donors (Lipinski definition) is 1. The van der Waals surface area contributed by atoms with Gasteiger partial charge in [0.25, 0.3) is 0 Å². The number of aliphatic hydroxyl groups is 1. The third-order valence-corrected chi connectivity index (χ3v) is 5.11. The van der Waals surface area contributed by atoms with Crippen molar-refractivity contribution in [1.29, 1.82) is 0 Å². The van der Waals surface area contributed by atoms with Crippen molar-refractivity contribution >= 4 is 5.91 Å². The number of aliphatic hydroxyl groups excluding tert-OH is 1. The highest BCUT2D eigenvalue weighted by Crippen LogP contribution is 2.29. The van der Waals surface area contributed by atoms with Crippen LogP contribution >= 0.6 is 0 Å². The average molecular weight is 341 g/mol. The number of carbonyl (C=O) groups is 1. The Bertz CT molecular complexity index is 726. The summed E-state index contributed by atoms with van der Waals surface area (Å²) in [6, 6.07) is 11.4. The van der Waals surface area contributed by atoms with Crippen molar-refractivity contribution in [1.82, 2.24) is 14.7 Å². The summed E-state index contributed by atoms with van der Waals surface area (Å²) in [6.07, 6.45) is 1.98. The lowest BCUT2D eigenvalue weighted by Gasteiger charge is -2.29. The minimum atomic E-state index is -0.538. The number of nitrogens with zero attached hydrogens (tertiary/aromatic N) is 3. The van der Waals surface area contributed by atoms with Crippen LogP contribution in [0.2, 0.25) is 0 Å². The Labute approximate surface area is 149 Å². The summed E-state index contributed by atoms with van der Waals surface area (Å²) in [5.41, 5.74) is 2.83. The van der Waals surface area contributed by atoms with E-state index in [1.165, 1.54) is 0 Å². The molecule has 1 aliphatic rings. The number of rotatable bonds is 5. The van der Waals surface area contributed by atoms with E-state index in [2.05, 4.69) is 5.10 Å². The zero-order valence-electron chi connectivity index (χ0n) is 15.2. The molecule has 0 aliphatic carbocycles. The molecule has 134 valence electrons. The van der Waals surface area contributed by atoms with Crippen LogP contribution in [0.25, 0.3) is 0 Å². The summed E-state index contributed by atoms with van der Waals surface area (Å²) >= 11 is 0. The Kier molecular flexibility index (Phi) is 5.23. The predicted octanol–water partition coefficient (Wildman–Crippen LogP) is 3.18. The molecule has 0 saturated carbocycles. The van der Waals surface area contributed by atoms with Gasteiger partial charge in [0.05, 0.1) is 11.8 Å². The molecular weight excluding hydrogens is 314 g/mol. The first-order chi connectivity index (χ1) is 12.0. The maximum atomic E-state index is 13.0. The van der Waals surface area contributed by atoms with Gasteiger partial charge in [0.2, 0.25) is 5.91 Å². The van der Waals surface area contributed by atoms with Crippen LogP contribution in [0, 0.1) is 13.8 Å². The van der Waals surface area contributed by atoms with Crippen molar-refractivity contribution in [3.05, 3.63) is 53.3 Å². The number of likely N-dealkylation sites (tertiary alicyclic amines) is 1. The van der Waals surface area contributed by atoms with Gasteiger partial charge in [-0.2, -0.15) is 5.10 Å². The van der Waals surface area contributed by atoms with Crippen LogP contribution in [0.5, 0.6) is 0 Å². The molecule has 0 spiro atoms. The molecule has 3 unspecified atom stereocenters. The Hall–Kier alpha value is -2.14. The zero-order valence-corrected chi connectivity index (χ0v) is 15.2. The smallest absolute Gasteiger partial charge is 0.247 e. The van der Waals surface area contributed by atoms with Gasteiger partial charge in [0, 0.05) is 18.3 Å². The van der Waals surface area contributed by atoms with E-state index in [0.29, 0.717) is 6.42 Å². The van der Waals surface area contributed by atoms with E-state index in [4.69, 9.17) is 0 Å². The first-order valence-electron chi connectivity index (χ1n) is 9.03. The lowest BCUT2D eigenvalue weighted by Crippen LogP contribution is -2.40. The molecule has 1 N–H and O–H groups in total. The number of hydrogen-bond acceptors (Lipinski definition) is 3. The second-order valence-corrected chi connectivity index (χ2v) is 7.04. The number of amides is 1. The largest absolute Gasteiger partial charge is 0.388 e. The topological polar surface area (TPSA) is 58.4 Å². The minimum absolute atomic E-state index is 0.0853. The van der Waals surface area contributed by atoms with Gasteiger partial charge in [-0.3, -0.25) is 9.48 Å². The first-order valence-corrected chi connectivity index (χ1v) is 9.03. The Morgan fingerprint density at radius 3 is 2.68 bits per heavy atom. The lowest BCUT2D eigenvalue weighted by molar-refractivity contribution is -0.136. The SMILES string of the molecule is Cc1cc(C)n(C(C)C(=O)N2CCCC2CC(O)c2ccccc2)n1. The van der Waals surface area contributed by atoms with E-state index in [0.717, 1.165) is 36.3 Å². The summed E-state index contributed by atoms with van der Waals surface area (Å²) in [5, 5.41) is 15.0. The van der Waals surface area contributed by atoms with E-state index in [1.54, 1.807) is 4.68 Å². The van der Waals surface area contributed by atoms with Gasteiger partial charge < -0.3 is 10.0 Å². The molecule has 1 aromatic heterocycles. The van der Waals surface area contributed by atoms with Gasteiger partial charge in [-0.1, -0.05) is 30.3 Å². The van der Waals surface area contributed by atoms with Crippen molar-refractivity contribution in [3.8, 4) is 0 Å². The van der Waals surface area contributed by atoms with Gasteiger partial charge >= 0.3 is 0 Å². The monoisotopic (exact) mass is 341 g/mol. The average Bonchev–Trinajstić information content (AvgIpc) is 3.20. The van der Waals surface area contributed by atoms with Crippen molar-refractivity contribution in [2.75, 3.05) is 6.54 Å². The summed E-state index contributed by atoms with van der Waals surface area (Å²) in [4.78, 5) is 15.0. The fourth-order valence-electron chi connectivity index (χ4n) is 3.82. The summed E-state index contributed by atoms with van der Waals surface area (Å²) in [5.74, 6) is 0.0916. The van der Waals surface area contributed by atoms with Gasteiger partial charge in [-0.15, -0.1) is 0 Å². The van der Waals surface area contributed by atoms with Gasteiger partial charge in [0.15, 0.2) is 0 Å². The first kappa shape index (κ1) is 17.7. The van der Waals surface area contributed by atoms with E-state index >= 15 is 0 Å². The Balaban J connectivity index is 1.70. The molecule has 25 heavy (non-hydrogen) atoms. The Morgan fingerprint density at radius 2 is 2.04 bits per heavy atom. The molecular formula is C20H27N3O2. The summed E-state index contributed by atoms with van der Waals surface area (Å²) in [7, 11) is 0. The normalized spacial score (nSPS) is 19.8. The fourth-order valence-corrected chi connectivity index (χ4v) is 3.82. The highest BCUT2D eigenvalue weighted by Gasteiger charge is 2.34. The maximum Gasteiger partial charge on any atom is 0.247 e. The van der Waals surface area contributed by atoms with Crippen molar-refractivity contribution < 1.29 is 9.90 Å². The van der Waals surface area contributed by atoms with E-state index < -0.39 is 6.10 Å². The molecule has 1 aliphatic heterocycles. The molecule has 1 amide bonds. The summed E-state index contributed by atoms with van der Waals surface area (Å²) < 4.78 is 1.81. The molecule has 5 nitrogen and oxygen atoms in total. The molecule has 5 heteroatoms. The van der Waals surface area contributed by atoms with Crippen LogP contribution in [0.1, 0.15) is 55.3 Å². The van der Waals surface area contributed by atoms with Crippen LogP contribution in [0.3, 0.4) is 0 Å². The van der Waals surface area contributed by atoms with Crippen molar-refractivity contribution in [2.45, 2.75) is 58.2 Å². The molecule has 1 saturated heterocycles. The van der Waals surface area contributed by atoms with Crippen LogP contribution in [-0.2, 0) is 4.79 Å². The minimum Gasteiger partial charge on any atom is -0.388 e. The molecule has 1 aromatic carbocycles. The van der Waals surface area contributed by atoms with E-state index in [9.17, 15) is 9.90 Å². The fraction of sp³-hybridized carbons (Fsp3) is 0.500. The highest BCUT2D eigenvalue weighted by molar-refractivity contribution is 5.80. The number of benzene rings is 1. The maximum absolute atomic E-state index is 13.0. The van der Waals surface area contributed by atoms with E-state index in [1.807, 2.05) is 62.1 Å². The number of aromatic nitrogens is 2. The van der Waals surface area contributed by atoms with Crippen molar-refractivity contribution in [2.24, 2.45) is 0 Å². The molecule has 3 rings (SSSR count). The quantitative estimate of drug-likeness (QED) is 0.909. The lowest BCUT2D eigenvalue weighted by atomic mass is 10.0. The molecule has 3 atom stereocenters.